The normalized spacial score (nSPS) is 14.4. The second-order valence-corrected chi connectivity index (χ2v) is 34.5. The molecular formula is C16H42O9Si6. The van der Waals surface area contributed by atoms with E-state index in [-0.39, 0.29) is 0 Å². The van der Waals surface area contributed by atoms with E-state index in [0.717, 1.165) is 0 Å². The lowest BCUT2D eigenvalue weighted by Gasteiger charge is -2.42. The van der Waals surface area contributed by atoms with E-state index in [4.69, 9.17) is 29.4 Å². The molecule has 0 aliphatic heterocycles. The van der Waals surface area contributed by atoms with Crippen LogP contribution in [0.2, 0.25) is 78.6 Å². The lowest BCUT2D eigenvalue weighted by atomic mass is 10.9. The topological polar surface area (TPSA) is 98.8 Å². The maximum atomic E-state index is 12.2. The smallest absolute Gasteiger partial charge is 0.453 e. The van der Waals surface area contributed by atoms with Crippen LogP contribution in [0.3, 0.4) is 0 Å². The predicted molar refractivity (Wildman–Crippen MR) is 134 cm³/mol. The van der Waals surface area contributed by atoms with Crippen molar-refractivity contribution < 1.29 is 39.0 Å². The number of hydrogen-bond donors (Lipinski definition) is 0. The molecule has 0 aromatic heterocycles. The Balaban J connectivity index is 6.84. The largest absolute Gasteiger partial charge is 0.725 e. The first-order valence-electron chi connectivity index (χ1n) is 10.3. The van der Waals surface area contributed by atoms with Gasteiger partial charge >= 0.3 is 18.1 Å². The SMILES string of the molecule is CC(=O)O[Si](O[Si](C)(C)C)(O[Si](C)(C)C)O[Si](OC(C)=O)(O[Si](C)(C)C)O[Si](C)(C)C. The molecule has 15 heteroatoms. The van der Waals surface area contributed by atoms with Gasteiger partial charge in [0.15, 0.2) is 33.3 Å². The molecule has 0 radical (unpaired) electrons. The fourth-order valence-corrected chi connectivity index (χ4v) is 20.4. The second kappa shape index (κ2) is 10.5. The fraction of sp³-hybridized carbons (Fsp3) is 0.875. The van der Waals surface area contributed by atoms with Crippen LogP contribution in [0, 0.1) is 0 Å². The average molecular weight is 547 g/mol. The van der Waals surface area contributed by atoms with Crippen LogP contribution in [-0.2, 0) is 39.0 Å². The Hall–Kier alpha value is 0.0413. The van der Waals surface area contributed by atoms with Crippen LogP contribution in [0.15, 0.2) is 0 Å². The van der Waals surface area contributed by atoms with E-state index < -0.39 is 63.3 Å². The van der Waals surface area contributed by atoms with Crippen LogP contribution >= 0.6 is 0 Å². The van der Waals surface area contributed by atoms with Gasteiger partial charge in [0.25, 0.3) is 11.9 Å². The summed E-state index contributed by atoms with van der Waals surface area (Å²) in [7, 11) is -17.8. The lowest BCUT2D eigenvalue weighted by molar-refractivity contribution is -0.140. The third kappa shape index (κ3) is 14.7. The molecule has 0 spiro atoms. The van der Waals surface area contributed by atoms with Crippen LogP contribution in [0.5, 0.6) is 0 Å². The van der Waals surface area contributed by atoms with Gasteiger partial charge in [-0.25, -0.2) is 0 Å². The van der Waals surface area contributed by atoms with Crippen LogP contribution in [0.1, 0.15) is 13.8 Å². The summed E-state index contributed by atoms with van der Waals surface area (Å²) in [5.74, 6) is -1.23. The first-order chi connectivity index (χ1) is 13.4. The van der Waals surface area contributed by atoms with Crippen molar-refractivity contribution >= 4 is 63.3 Å². The summed E-state index contributed by atoms with van der Waals surface area (Å²) in [5.41, 5.74) is 0. The van der Waals surface area contributed by atoms with E-state index >= 15 is 0 Å². The highest BCUT2D eigenvalue weighted by molar-refractivity contribution is 6.90. The summed E-state index contributed by atoms with van der Waals surface area (Å²) in [6, 6.07) is 0. The second-order valence-electron chi connectivity index (χ2n) is 11.1. The molecule has 0 bridgehead atoms. The van der Waals surface area contributed by atoms with Gasteiger partial charge in [0.1, 0.15) is 0 Å². The van der Waals surface area contributed by atoms with Crippen molar-refractivity contribution in [3.8, 4) is 0 Å². The Kier molecular flexibility index (Phi) is 10.5. The highest BCUT2D eigenvalue weighted by Gasteiger charge is 2.67. The quantitative estimate of drug-likeness (QED) is 0.330. The van der Waals surface area contributed by atoms with Crippen molar-refractivity contribution in [2.24, 2.45) is 0 Å². The Labute approximate surface area is 194 Å². The number of carbonyl (C=O) groups is 2. The summed E-state index contributed by atoms with van der Waals surface area (Å²) in [6.07, 6.45) is 0. The Morgan fingerprint density at radius 1 is 0.419 bits per heavy atom. The molecule has 0 saturated heterocycles. The number of hydrogen-bond acceptors (Lipinski definition) is 9. The number of carbonyl (C=O) groups excluding carboxylic acids is 2. The van der Waals surface area contributed by atoms with Crippen molar-refractivity contribution in [2.75, 3.05) is 0 Å². The van der Waals surface area contributed by atoms with Gasteiger partial charge in [-0.3, -0.25) is 9.59 Å². The minimum absolute atomic E-state index is 0.616. The molecule has 0 N–H and O–H groups in total. The zero-order chi connectivity index (χ0) is 25.1. The summed E-state index contributed by atoms with van der Waals surface area (Å²) in [5, 5.41) is 0. The molecular weight excluding hydrogens is 505 g/mol. The standard InChI is InChI=1S/C16H42O9Si6/c1-15(17)19-30(21-26(3,4)5,22-27(6,7)8)25-31(20-16(2)18,23-28(9,10)11)24-29(12,13)14/h1-14H3. The highest BCUT2D eigenvalue weighted by atomic mass is 28.6. The Morgan fingerprint density at radius 2 is 0.613 bits per heavy atom. The van der Waals surface area contributed by atoms with E-state index in [1.807, 2.05) is 78.6 Å². The zero-order valence-corrected chi connectivity index (χ0v) is 27.7. The van der Waals surface area contributed by atoms with Gasteiger partial charge in [-0.05, 0) is 78.6 Å². The van der Waals surface area contributed by atoms with Gasteiger partial charge in [-0.1, -0.05) is 0 Å². The molecule has 0 rings (SSSR count). The predicted octanol–water partition coefficient (Wildman–Crippen LogP) is 4.41. The van der Waals surface area contributed by atoms with Gasteiger partial charge in [-0.2, -0.15) is 0 Å². The average Bonchev–Trinajstić information content (AvgIpc) is 2.24. The van der Waals surface area contributed by atoms with Gasteiger partial charge in [0.2, 0.25) is 0 Å². The van der Waals surface area contributed by atoms with Crippen molar-refractivity contribution in [3.63, 3.8) is 0 Å². The minimum Gasteiger partial charge on any atom is -0.453 e. The van der Waals surface area contributed by atoms with Crippen LogP contribution in [-0.4, -0.2) is 63.3 Å². The van der Waals surface area contributed by atoms with Crippen LogP contribution < -0.4 is 0 Å². The molecule has 0 heterocycles. The molecule has 0 atom stereocenters. The summed E-state index contributed by atoms with van der Waals surface area (Å²) in [4.78, 5) is 24.3. The molecule has 0 amide bonds. The van der Waals surface area contributed by atoms with Crippen LogP contribution in [0.4, 0.5) is 0 Å². The maximum absolute atomic E-state index is 12.2. The molecule has 31 heavy (non-hydrogen) atoms. The van der Waals surface area contributed by atoms with E-state index in [0.29, 0.717) is 0 Å². The van der Waals surface area contributed by atoms with Gasteiger partial charge < -0.3 is 29.4 Å². The monoisotopic (exact) mass is 546 g/mol. The van der Waals surface area contributed by atoms with Crippen molar-refractivity contribution in [3.05, 3.63) is 0 Å². The zero-order valence-electron chi connectivity index (χ0n) is 21.7. The van der Waals surface area contributed by atoms with Crippen LogP contribution in [0.25, 0.3) is 0 Å². The first-order valence-corrected chi connectivity index (χ1v) is 27.2. The van der Waals surface area contributed by atoms with Crippen molar-refractivity contribution in [2.45, 2.75) is 92.4 Å². The molecule has 0 unspecified atom stereocenters. The molecule has 184 valence electrons. The van der Waals surface area contributed by atoms with E-state index in [9.17, 15) is 9.59 Å². The third-order valence-corrected chi connectivity index (χ3v) is 19.4. The summed E-state index contributed by atoms with van der Waals surface area (Å²) in [6.45, 7) is 25.7. The molecule has 9 nitrogen and oxygen atoms in total. The molecule has 0 saturated carbocycles. The van der Waals surface area contributed by atoms with Crippen molar-refractivity contribution in [1.82, 2.24) is 0 Å². The third-order valence-electron chi connectivity index (χ3n) is 2.51. The molecule has 0 fully saturated rings. The van der Waals surface area contributed by atoms with Crippen molar-refractivity contribution in [1.29, 1.82) is 0 Å². The van der Waals surface area contributed by atoms with E-state index in [1.165, 1.54) is 13.8 Å². The van der Waals surface area contributed by atoms with Gasteiger partial charge in [0.05, 0.1) is 0 Å². The highest BCUT2D eigenvalue weighted by Crippen LogP contribution is 2.32. The first kappa shape index (κ1) is 31.0. The molecule has 0 aliphatic rings. The summed E-state index contributed by atoms with van der Waals surface area (Å²) < 4.78 is 43.0. The number of rotatable bonds is 12. The van der Waals surface area contributed by atoms with E-state index in [1.54, 1.807) is 0 Å². The summed E-state index contributed by atoms with van der Waals surface area (Å²) >= 11 is 0. The molecule has 0 aliphatic carbocycles. The fourth-order valence-electron chi connectivity index (χ4n) is 2.26. The van der Waals surface area contributed by atoms with Gasteiger partial charge in [0, 0.05) is 13.8 Å². The Bertz CT molecular complexity index is 545. The lowest BCUT2D eigenvalue weighted by Crippen LogP contribution is -2.70. The minimum atomic E-state index is -4.18. The van der Waals surface area contributed by atoms with Gasteiger partial charge in [-0.15, -0.1) is 0 Å². The maximum Gasteiger partial charge on any atom is 0.725 e. The van der Waals surface area contributed by atoms with E-state index in [2.05, 4.69) is 0 Å². The Morgan fingerprint density at radius 3 is 0.742 bits per heavy atom. The molecule has 0 aromatic carbocycles. The molecule has 0 aromatic rings.